The number of nitrogens with zero attached hydrogens (tertiary/aromatic N) is 1. The van der Waals surface area contributed by atoms with Crippen LogP contribution in [0.25, 0.3) is 0 Å². The van der Waals surface area contributed by atoms with E-state index in [0.717, 1.165) is 18.7 Å². The monoisotopic (exact) mass is 334 g/mol. The fourth-order valence-electron chi connectivity index (χ4n) is 3.95. The molecule has 2 unspecified atom stereocenters. The number of nitrogens with one attached hydrogen (secondary N) is 1. The molecular weight excluding hydrogens is 312 g/mol. The summed E-state index contributed by atoms with van der Waals surface area (Å²) in [6.07, 6.45) is 2.34. The van der Waals surface area contributed by atoms with Gasteiger partial charge in [0, 0.05) is 17.6 Å². The number of hydrogen-bond acceptors (Lipinski definition) is 3. The van der Waals surface area contributed by atoms with Gasteiger partial charge in [0.2, 0.25) is 0 Å². The van der Waals surface area contributed by atoms with Crippen molar-refractivity contribution in [2.24, 2.45) is 5.92 Å². The summed E-state index contributed by atoms with van der Waals surface area (Å²) in [5.74, 6) is 7.30. The zero-order valence-corrected chi connectivity index (χ0v) is 14.4. The minimum absolute atomic E-state index is 0.140. The molecule has 1 N–H and O–H groups in total. The summed E-state index contributed by atoms with van der Waals surface area (Å²) in [4.78, 5) is 15.0. The first-order chi connectivity index (χ1) is 12.2. The highest BCUT2D eigenvalue weighted by Gasteiger charge is 2.40. The van der Waals surface area contributed by atoms with Gasteiger partial charge in [0.05, 0.1) is 0 Å². The number of carbonyl (C=O) groups excluding carboxylic acids is 1. The van der Waals surface area contributed by atoms with Gasteiger partial charge >= 0.3 is 0 Å². The first-order valence-electron chi connectivity index (χ1n) is 8.92. The van der Waals surface area contributed by atoms with E-state index in [4.69, 9.17) is 4.42 Å². The van der Waals surface area contributed by atoms with Gasteiger partial charge in [-0.25, -0.2) is 0 Å². The van der Waals surface area contributed by atoms with E-state index in [2.05, 4.69) is 29.0 Å². The van der Waals surface area contributed by atoms with Crippen molar-refractivity contribution in [2.75, 3.05) is 13.1 Å². The molecule has 3 fully saturated rings. The molecule has 4 nitrogen and oxygen atoms in total. The molecule has 2 aromatic rings. The van der Waals surface area contributed by atoms with Crippen LogP contribution in [0.3, 0.4) is 0 Å². The number of fused-ring (bicyclic) bond motifs is 3. The SMILES string of the molecule is CC1C(NC(=O)c2ccc(C#Cc3ccccc3)o2)C2CCN1CC2. The normalized spacial score (nSPS) is 27.4. The number of carbonyl (C=O) groups is 1. The molecule has 4 heteroatoms. The van der Waals surface area contributed by atoms with Crippen LogP contribution in [0.4, 0.5) is 0 Å². The van der Waals surface area contributed by atoms with Crippen molar-refractivity contribution < 1.29 is 9.21 Å². The minimum Gasteiger partial charge on any atom is -0.443 e. The van der Waals surface area contributed by atoms with Gasteiger partial charge < -0.3 is 9.73 Å². The molecule has 0 saturated carbocycles. The second-order valence-corrected chi connectivity index (χ2v) is 6.89. The zero-order valence-electron chi connectivity index (χ0n) is 14.4. The van der Waals surface area contributed by atoms with Crippen LogP contribution in [-0.2, 0) is 0 Å². The molecule has 3 saturated heterocycles. The molecule has 1 aromatic heterocycles. The third-order valence-corrected chi connectivity index (χ3v) is 5.41. The summed E-state index contributed by atoms with van der Waals surface area (Å²) in [5.41, 5.74) is 0.922. The van der Waals surface area contributed by atoms with E-state index in [1.54, 1.807) is 12.1 Å². The number of rotatable bonds is 2. The Labute approximate surface area is 148 Å². The van der Waals surface area contributed by atoms with E-state index in [1.165, 1.54) is 12.8 Å². The van der Waals surface area contributed by atoms with Gasteiger partial charge in [-0.2, -0.15) is 0 Å². The molecule has 2 bridgehead atoms. The van der Waals surface area contributed by atoms with Crippen molar-refractivity contribution in [3.63, 3.8) is 0 Å². The first-order valence-corrected chi connectivity index (χ1v) is 8.92. The number of benzene rings is 1. The summed E-state index contributed by atoms with van der Waals surface area (Å²) >= 11 is 0. The number of amides is 1. The van der Waals surface area contributed by atoms with Gasteiger partial charge in [-0.3, -0.25) is 9.69 Å². The summed E-state index contributed by atoms with van der Waals surface area (Å²) in [6.45, 7) is 4.51. The molecule has 4 heterocycles. The standard InChI is InChI=1S/C21H22N2O2/c1-15-20(17-11-13-23(15)14-12-17)22-21(24)19-10-9-18(25-19)8-7-16-5-3-2-4-6-16/h2-6,9-10,15,17,20H,11-14H2,1H3,(H,22,24). The second-order valence-electron chi connectivity index (χ2n) is 6.89. The summed E-state index contributed by atoms with van der Waals surface area (Å²) in [6, 6.07) is 13.8. The summed E-state index contributed by atoms with van der Waals surface area (Å²) in [5, 5.41) is 3.18. The first kappa shape index (κ1) is 16.0. The van der Waals surface area contributed by atoms with Crippen molar-refractivity contribution >= 4 is 5.91 Å². The fraction of sp³-hybridized carbons (Fsp3) is 0.381. The predicted octanol–water partition coefficient (Wildman–Crippen LogP) is 2.89. The maximum absolute atomic E-state index is 12.6. The Hall–Kier alpha value is -2.51. The van der Waals surface area contributed by atoms with Crippen LogP contribution in [0.1, 0.15) is 41.6 Å². The smallest absolute Gasteiger partial charge is 0.287 e. The average molecular weight is 334 g/mol. The van der Waals surface area contributed by atoms with Crippen LogP contribution >= 0.6 is 0 Å². The van der Waals surface area contributed by atoms with E-state index < -0.39 is 0 Å². The topological polar surface area (TPSA) is 45.5 Å². The van der Waals surface area contributed by atoms with Gasteiger partial charge in [0.1, 0.15) is 0 Å². The maximum Gasteiger partial charge on any atom is 0.287 e. The molecular formula is C21H22N2O2. The molecule has 25 heavy (non-hydrogen) atoms. The number of hydrogen-bond donors (Lipinski definition) is 1. The van der Waals surface area contributed by atoms with Gasteiger partial charge in [0.15, 0.2) is 11.5 Å². The highest BCUT2D eigenvalue weighted by atomic mass is 16.3. The molecule has 1 aromatic carbocycles. The van der Waals surface area contributed by atoms with Gasteiger partial charge in [-0.05, 0) is 69.0 Å². The number of furan rings is 1. The third kappa shape index (κ3) is 3.33. The molecule has 1 amide bonds. The lowest BCUT2D eigenvalue weighted by atomic mass is 9.79. The summed E-state index contributed by atoms with van der Waals surface area (Å²) < 4.78 is 5.62. The highest BCUT2D eigenvalue weighted by Crippen LogP contribution is 2.32. The van der Waals surface area contributed by atoms with Crippen LogP contribution in [0.15, 0.2) is 46.9 Å². The molecule has 0 radical (unpaired) electrons. The highest BCUT2D eigenvalue weighted by molar-refractivity contribution is 5.91. The van der Waals surface area contributed by atoms with Gasteiger partial charge in [-0.1, -0.05) is 24.1 Å². The predicted molar refractivity (Wildman–Crippen MR) is 96.1 cm³/mol. The van der Waals surface area contributed by atoms with Crippen LogP contribution in [0.2, 0.25) is 0 Å². The van der Waals surface area contributed by atoms with Crippen molar-refractivity contribution in [1.82, 2.24) is 10.2 Å². The van der Waals surface area contributed by atoms with Crippen molar-refractivity contribution in [3.05, 3.63) is 59.5 Å². The second kappa shape index (κ2) is 6.78. The molecule has 3 aliphatic rings. The lowest BCUT2D eigenvalue weighted by Crippen LogP contribution is -2.62. The molecule has 5 rings (SSSR count). The largest absolute Gasteiger partial charge is 0.443 e. The average Bonchev–Trinajstić information content (AvgIpc) is 3.13. The van der Waals surface area contributed by atoms with Crippen LogP contribution in [-0.4, -0.2) is 36.0 Å². The van der Waals surface area contributed by atoms with E-state index in [0.29, 0.717) is 23.5 Å². The van der Waals surface area contributed by atoms with E-state index in [9.17, 15) is 4.79 Å². The minimum atomic E-state index is -0.140. The molecule has 2 atom stereocenters. The molecule has 0 spiro atoms. The van der Waals surface area contributed by atoms with Gasteiger partial charge in [0.25, 0.3) is 5.91 Å². The van der Waals surface area contributed by atoms with Crippen LogP contribution in [0.5, 0.6) is 0 Å². The Bertz CT molecular complexity index is 805. The fourth-order valence-corrected chi connectivity index (χ4v) is 3.95. The quantitative estimate of drug-likeness (QED) is 0.859. The lowest BCUT2D eigenvalue weighted by Gasteiger charge is -2.49. The Morgan fingerprint density at radius 3 is 2.60 bits per heavy atom. The van der Waals surface area contributed by atoms with Gasteiger partial charge in [-0.15, -0.1) is 0 Å². The van der Waals surface area contributed by atoms with Crippen molar-refractivity contribution in [2.45, 2.75) is 31.8 Å². The van der Waals surface area contributed by atoms with E-state index in [-0.39, 0.29) is 11.9 Å². The Kier molecular flexibility index (Phi) is 4.33. The lowest BCUT2D eigenvalue weighted by molar-refractivity contribution is 0.0211. The van der Waals surface area contributed by atoms with Crippen LogP contribution in [0, 0.1) is 17.8 Å². The Balaban J connectivity index is 1.43. The van der Waals surface area contributed by atoms with Crippen LogP contribution < -0.4 is 5.32 Å². The third-order valence-electron chi connectivity index (χ3n) is 5.41. The molecule has 3 aliphatic heterocycles. The van der Waals surface area contributed by atoms with E-state index >= 15 is 0 Å². The molecule has 128 valence electrons. The van der Waals surface area contributed by atoms with Crippen molar-refractivity contribution in [3.8, 4) is 11.8 Å². The maximum atomic E-state index is 12.6. The van der Waals surface area contributed by atoms with Crippen molar-refractivity contribution in [1.29, 1.82) is 0 Å². The number of piperidine rings is 3. The zero-order chi connectivity index (χ0) is 17.2. The summed E-state index contributed by atoms with van der Waals surface area (Å²) in [7, 11) is 0. The molecule has 0 aliphatic carbocycles. The van der Waals surface area contributed by atoms with E-state index in [1.807, 2.05) is 30.3 Å². The Morgan fingerprint density at radius 1 is 1.12 bits per heavy atom. The Morgan fingerprint density at radius 2 is 1.88 bits per heavy atom.